The van der Waals surface area contributed by atoms with Crippen molar-refractivity contribution in [1.29, 1.82) is 0 Å². The number of carbonyl (C=O) groups is 1. The highest BCUT2D eigenvalue weighted by atomic mass is 35.5. The maximum Gasteiger partial charge on any atom is 0.410 e. The number of hydrogen-bond donors (Lipinski definition) is 1. The summed E-state index contributed by atoms with van der Waals surface area (Å²) in [6, 6.07) is 7.78. The monoisotopic (exact) mass is 359 g/mol. The number of methoxy groups -OCH3 is 2. The fourth-order valence-electron chi connectivity index (χ4n) is 4.07. The Bertz CT molecular complexity index is 880. The average molecular weight is 360 g/mol. The molecule has 0 unspecified atom stereocenters. The number of phenols is 1. The van der Waals surface area contributed by atoms with Crippen molar-refractivity contribution in [2.75, 3.05) is 20.8 Å². The Hall–Kier alpha value is -2.40. The minimum Gasteiger partial charge on any atom is -0.503 e. The molecular weight excluding hydrogens is 342 g/mol. The second kappa shape index (κ2) is 5.85. The predicted molar refractivity (Wildman–Crippen MR) is 94.4 cm³/mol. The van der Waals surface area contributed by atoms with E-state index in [1.807, 2.05) is 24.3 Å². The number of amides is 1. The Kier molecular flexibility index (Phi) is 3.76. The normalized spacial score (nSPS) is 17.6. The Morgan fingerprint density at radius 1 is 1.32 bits per heavy atom. The molecule has 25 heavy (non-hydrogen) atoms. The zero-order valence-corrected chi connectivity index (χ0v) is 14.8. The molecule has 0 saturated carbocycles. The number of benzene rings is 2. The first kappa shape index (κ1) is 16.1. The lowest BCUT2D eigenvalue weighted by Gasteiger charge is -2.41. The summed E-state index contributed by atoms with van der Waals surface area (Å²) in [4.78, 5) is 14.0. The molecule has 0 bridgehead atoms. The summed E-state index contributed by atoms with van der Waals surface area (Å²) >= 11 is 6.44. The standard InChI is InChI=1S/C19H18ClNO4/c1-24-18-15-11-6-4-3-5-10(11)9-13-14(15)12(16(20)17(18)22)7-8-21(13)19(23)25-2/h3-6,13,22H,7-9H2,1-2H3/t13-/m0/s1. The van der Waals surface area contributed by atoms with E-state index < -0.39 is 0 Å². The lowest BCUT2D eigenvalue weighted by Crippen LogP contribution is -2.42. The van der Waals surface area contributed by atoms with Gasteiger partial charge >= 0.3 is 6.09 Å². The number of phenolic OH excluding ortho intramolecular Hbond substituents is 1. The van der Waals surface area contributed by atoms with Crippen LogP contribution in [0.15, 0.2) is 24.3 Å². The van der Waals surface area contributed by atoms with Crippen LogP contribution in [-0.4, -0.2) is 36.9 Å². The van der Waals surface area contributed by atoms with Crippen molar-refractivity contribution < 1.29 is 19.4 Å². The maximum atomic E-state index is 12.3. The number of aromatic hydroxyl groups is 1. The molecule has 5 nitrogen and oxygen atoms in total. The number of halogens is 1. The van der Waals surface area contributed by atoms with E-state index in [4.69, 9.17) is 21.1 Å². The van der Waals surface area contributed by atoms with E-state index in [1.54, 1.807) is 4.90 Å². The van der Waals surface area contributed by atoms with Gasteiger partial charge in [0.2, 0.25) is 0 Å². The number of rotatable bonds is 1. The molecule has 0 saturated heterocycles. The maximum absolute atomic E-state index is 12.3. The number of nitrogens with zero attached hydrogens (tertiary/aromatic N) is 1. The second-order valence-corrected chi connectivity index (χ2v) is 6.63. The molecule has 2 aromatic rings. The van der Waals surface area contributed by atoms with E-state index in [1.165, 1.54) is 14.2 Å². The SMILES string of the molecule is COC(=O)N1CCc2c(Cl)c(O)c(OC)c3c2[C@@H]1Cc1ccccc1-3. The predicted octanol–water partition coefficient (Wildman–Crippen LogP) is 3.94. The first-order valence-electron chi connectivity index (χ1n) is 8.12. The molecular formula is C19H18ClNO4. The highest BCUT2D eigenvalue weighted by Gasteiger charge is 2.40. The van der Waals surface area contributed by atoms with Crippen LogP contribution in [0.2, 0.25) is 5.02 Å². The lowest BCUT2D eigenvalue weighted by molar-refractivity contribution is 0.100. The van der Waals surface area contributed by atoms with Crippen molar-refractivity contribution in [2.45, 2.75) is 18.9 Å². The summed E-state index contributed by atoms with van der Waals surface area (Å²) in [5.74, 6) is 0.313. The van der Waals surface area contributed by atoms with Crippen LogP contribution in [0.5, 0.6) is 11.5 Å². The molecule has 1 N–H and O–H groups in total. The third kappa shape index (κ3) is 2.19. The molecule has 1 amide bonds. The van der Waals surface area contributed by atoms with Crippen molar-refractivity contribution in [2.24, 2.45) is 0 Å². The Labute approximate surface area is 150 Å². The van der Waals surface area contributed by atoms with Crippen LogP contribution < -0.4 is 4.74 Å². The highest BCUT2D eigenvalue weighted by Crippen LogP contribution is 2.55. The van der Waals surface area contributed by atoms with Crippen molar-refractivity contribution in [3.05, 3.63) is 46.0 Å². The first-order chi connectivity index (χ1) is 12.1. The minimum atomic E-state index is -0.357. The summed E-state index contributed by atoms with van der Waals surface area (Å²) in [6.45, 7) is 0.497. The Morgan fingerprint density at radius 3 is 2.80 bits per heavy atom. The summed E-state index contributed by atoms with van der Waals surface area (Å²) in [7, 11) is 2.90. The minimum absolute atomic E-state index is 0.0418. The molecule has 0 aromatic heterocycles. The quantitative estimate of drug-likeness (QED) is 0.837. The third-order valence-electron chi connectivity index (χ3n) is 5.13. The van der Waals surface area contributed by atoms with E-state index >= 15 is 0 Å². The van der Waals surface area contributed by atoms with Crippen LogP contribution in [0, 0.1) is 0 Å². The number of carbonyl (C=O) groups excluding carboxylic acids is 1. The molecule has 1 aliphatic heterocycles. The molecule has 0 fully saturated rings. The van der Waals surface area contributed by atoms with Crippen molar-refractivity contribution in [3.63, 3.8) is 0 Å². The van der Waals surface area contributed by atoms with Gasteiger partial charge in [-0.1, -0.05) is 35.9 Å². The zero-order chi connectivity index (χ0) is 17.7. The number of ether oxygens (including phenoxy) is 2. The van der Waals surface area contributed by atoms with Crippen molar-refractivity contribution in [3.8, 4) is 22.6 Å². The lowest BCUT2D eigenvalue weighted by atomic mass is 9.76. The summed E-state index contributed by atoms with van der Waals surface area (Å²) in [5.41, 5.74) is 4.76. The number of hydrogen-bond acceptors (Lipinski definition) is 4. The van der Waals surface area contributed by atoms with E-state index in [-0.39, 0.29) is 17.9 Å². The molecule has 0 radical (unpaired) electrons. The van der Waals surface area contributed by atoms with Crippen LogP contribution in [0.4, 0.5) is 4.79 Å². The smallest absolute Gasteiger partial charge is 0.410 e. The van der Waals surface area contributed by atoms with Crippen LogP contribution in [-0.2, 0) is 17.6 Å². The average Bonchev–Trinajstić information content (AvgIpc) is 2.65. The topological polar surface area (TPSA) is 59.0 Å². The van der Waals surface area contributed by atoms with Crippen LogP contribution in [0.3, 0.4) is 0 Å². The van der Waals surface area contributed by atoms with Gasteiger partial charge in [0.15, 0.2) is 11.5 Å². The highest BCUT2D eigenvalue weighted by molar-refractivity contribution is 6.33. The van der Waals surface area contributed by atoms with Gasteiger partial charge in [-0.25, -0.2) is 4.79 Å². The molecule has 6 heteroatoms. The molecule has 130 valence electrons. The zero-order valence-electron chi connectivity index (χ0n) is 14.0. The first-order valence-corrected chi connectivity index (χ1v) is 8.50. The van der Waals surface area contributed by atoms with Gasteiger partial charge in [0.05, 0.1) is 25.3 Å². The summed E-state index contributed by atoms with van der Waals surface area (Å²) < 4.78 is 10.5. The summed E-state index contributed by atoms with van der Waals surface area (Å²) in [5, 5.41) is 10.9. The van der Waals surface area contributed by atoms with E-state index in [2.05, 4.69) is 0 Å². The van der Waals surface area contributed by atoms with Crippen molar-refractivity contribution in [1.82, 2.24) is 4.90 Å². The fraction of sp³-hybridized carbons (Fsp3) is 0.316. The molecule has 0 spiro atoms. The Morgan fingerprint density at radius 2 is 2.08 bits per heavy atom. The van der Waals surface area contributed by atoms with E-state index in [0.29, 0.717) is 30.2 Å². The Balaban J connectivity index is 2.06. The van der Waals surface area contributed by atoms with Gasteiger partial charge in [0.25, 0.3) is 0 Å². The third-order valence-corrected chi connectivity index (χ3v) is 5.54. The molecule has 1 aliphatic carbocycles. The van der Waals surface area contributed by atoms with Crippen molar-refractivity contribution >= 4 is 17.7 Å². The molecule has 4 rings (SSSR count). The van der Waals surface area contributed by atoms with E-state index in [9.17, 15) is 9.90 Å². The van der Waals surface area contributed by atoms with Gasteiger partial charge in [-0.05, 0) is 35.1 Å². The van der Waals surface area contributed by atoms with Gasteiger partial charge in [-0.3, -0.25) is 0 Å². The fourth-order valence-corrected chi connectivity index (χ4v) is 4.36. The van der Waals surface area contributed by atoms with E-state index in [0.717, 1.165) is 27.8 Å². The van der Waals surface area contributed by atoms with Gasteiger partial charge in [0, 0.05) is 12.1 Å². The van der Waals surface area contributed by atoms with Crippen LogP contribution in [0.1, 0.15) is 22.7 Å². The molecule has 2 aliphatic rings. The van der Waals surface area contributed by atoms with Gasteiger partial charge in [-0.15, -0.1) is 0 Å². The summed E-state index contributed by atoms with van der Waals surface area (Å²) in [6.07, 6.45) is 0.881. The van der Waals surface area contributed by atoms with Crippen LogP contribution in [0.25, 0.3) is 11.1 Å². The molecule has 1 atom stereocenters. The molecule has 1 heterocycles. The largest absolute Gasteiger partial charge is 0.503 e. The number of fused-ring (bicyclic) bond motifs is 2. The van der Waals surface area contributed by atoms with Crippen LogP contribution >= 0.6 is 11.6 Å². The van der Waals surface area contributed by atoms with Gasteiger partial charge in [-0.2, -0.15) is 0 Å². The molecule has 2 aromatic carbocycles. The van der Waals surface area contributed by atoms with Gasteiger partial charge < -0.3 is 19.5 Å². The second-order valence-electron chi connectivity index (χ2n) is 6.25. The van der Waals surface area contributed by atoms with Gasteiger partial charge in [0.1, 0.15) is 0 Å².